The monoisotopic (exact) mass is 700 g/mol. The standard InChI is InChI=1S/C52H32N2O/c1-4-15-33(16-5-1)38-28-44(35-19-8-3-9-20-35)51-46(30-38)47-31-39(34-17-6-2-7-18-34)29-45(52(47)55-51)36-21-14-22-37(27-36)48-32-53-49-42-25-12-10-23-40(42)41-24-11-13-26-43(41)50(49)54-48/h1-32H. The zero-order valence-electron chi connectivity index (χ0n) is 29.8. The number of fused-ring (bicyclic) bond motifs is 9. The molecule has 0 fully saturated rings. The van der Waals surface area contributed by atoms with E-state index in [-0.39, 0.29) is 0 Å². The van der Waals surface area contributed by atoms with Gasteiger partial charge >= 0.3 is 0 Å². The van der Waals surface area contributed by atoms with E-state index in [0.29, 0.717) is 0 Å². The fourth-order valence-electron chi connectivity index (χ4n) is 8.23. The Morgan fingerprint density at radius 1 is 0.309 bits per heavy atom. The Balaban J connectivity index is 1.16. The molecule has 0 unspecified atom stereocenters. The molecule has 11 rings (SSSR count). The largest absolute Gasteiger partial charge is 0.455 e. The number of aromatic nitrogens is 2. The van der Waals surface area contributed by atoms with Crippen molar-refractivity contribution in [1.82, 2.24) is 9.97 Å². The van der Waals surface area contributed by atoms with Crippen LogP contribution in [0.15, 0.2) is 199 Å². The van der Waals surface area contributed by atoms with Crippen molar-refractivity contribution in [1.29, 1.82) is 0 Å². The highest BCUT2D eigenvalue weighted by molar-refractivity contribution is 6.23. The van der Waals surface area contributed by atoms with E-state index in [1.807, 2.05) is 6.20 Å². The van der Waals surface area contributed by atoms with Gasteiger partial charge in [0.05, 0.1) is 22.9 Å². The van der Waals surface area contributed by atoms with E-state index >= 15 is 0 Å². The minimum Gasteiger partial charge on any atom is -0.455 e. The molecule has 0 saturated heterocycles. The topological polar surface area (TPSA) is 38.9 Å². The first kappa shape index (κ1) is 31.2. The first-order chi connectivity index (χ1) is 27.3. The van der Waals surface area contributed by atoms with Gasteiger partial charge in [-0.25, -0.2) is 4.98 Å². The summed E-state index contributed by atoms with van der Waals surface area (Å²) in [7, 11) is 0. The van der Waals surface area contributed by atoms with Crippen LogP contribution in [0.25, 0.3) is 110 Å². The van der Waals surface area contributed by atoms with Crippen LogP contribution in [0.5, 0.6) is 0 Å². The quantitative estimate of drug-likeness (QED) is 0.168. The molecule has 2 heterocycles. The maximum atomic E-state index is 7.07. The molecule has 55 heavy (non-hydrogen) atoms. The summed E-state index contributed by atoms with van der Waals surface area (Å²) in [5.74, 6) is 0. The van der Waals surface area contributed by atoms with Gasteiger partial charge in [0.2, 0.25) is 0 Å². The lowest BCUT2D eigenvalue weighted by molar-refractivity contribution is 0.671. The zero-order chi connectivity index (χ0) is 36.3. The minimum atomic E-state index is 0.828. The van der Waals surface area contributed by atoms with Gasteiger partial charge in [-0.3, -0.25) is 4.98 Å². The SMILES string of the molecule is c1ccc(-c2cc(-c3ccccc3)c3oc4c(-c5cccc(-c6cnc7c8ccccc8c8ccccc8c7n6)c5)cc(-c5ccccc5)cc4c3c2)cc1. The summed E-state index contributed by atoms with van der Waals surface area (Å²) in [6, 6.07) is 66.5. The average molecular weight is 701 g/mol. The molecule has 3 nitrogen and oxygen atoms in total. The molecule has 0 saturated carbocycles. The first-order valence-electron chi connectivity index (χ1n) is 18.6. The number of rotatable bonds is 5. The number of nitrogens with zero attached hydrogens (tertiary/aromatic N) is 2. The molecule has 0 spiro atoms. The Morgan fingerprint density at radius 2 is 0.764 bits per heavy atom. The van der Waals surface area contributed by atoms with Crippen molar-refractivity contribution in [3.63, 3.8) is 0 Å². The lowest BCUT2D eigenvalue weighted by atomic mass is 9.92. The zero-order valence-corrected chi connectivity index (χ0v) is 29.8. The number of benzene rings is 9. The predicted molar refractivity (Wildman–Crippen MR) is 229 cm³/mol. The molecule has 0 N–H and O–H groups in total. The van der Waals surface area contributed by atoms with E-state index in [9.17, 15) is 0 Å². The van der Waals surface area contributed by atoms with Crippen LogP contribution in [-0.4, -0.2) is 9.97 Å². The molecular formula is C52H32N2O. The lowest BCUT2D eigenvalue weighted by Gasteiger charge is -2.12. The second-order valence-electron chi connectivity index (χ2n) is 14.1. The number of hydrogen-bond acceptors (Lipinski definition) is 3. The van der Waals surface area contributed by atoms with Crippen molar-refractivity contribution in [2.24, 2.45) is 0 Å². The van der Waals surface area contributed by atoms with Crippen molar-refractivity contribution in [3.05, 3.63) is 194 Å². The molecule has 256 valence electrons. The summed E-state index contributed by atoms with van der Waals surface area (Å²) in [6.07, 6.45) is 1.91. The third-order valence-corrected chi connectivity index (χ3v) is 10.9. The van der Waals surface area contributed by atoms with Crippen molar-refractivity contribution in [3.8, 4) is 55.8 Å². The smallest absolute Gasteiger partial charge is 0.143 e. The Labute approximate surface area is 317 Å². The van der Waals surface area contributed by atoms with Crippen LogP contribution in [0.1, 0.15) is 0 Å². The van der Waals surface area contributed by atoms with E-state index in [0.717, 1.165) is 93.9 Å². The van der Waals surface area contributed by atoms with E-state index in [1.165, 1.54) is 16.3 Å². The highest BCUT2D eigenvalue weighted by Gasteiger charge is 2.20. The molecular weight excluding hydrogens is 669 g/mol. The fraction of sp³-hybridized carbons (Fsp3) is 0. The highest BCUT2D eigenvalue weighted by atomic mass is 16.3. The molecule has 9 aromatic carbocycles. The van der Waals surface area contributed by atoms with Crippen LogP contribution < -0.4 is 0 Å². The van der Waals surface area contributed by atoms with Gasteiger partial charge in [0.25, 0.3) is 0 Å². The number of furan rings is 1. The Kier molecular flexibility index (Phi) is 7.17. The maximum absolute atomic E-state index is 7.07. The van der Waals surface area contributed by atoms with Crippen LogP contribution in [-0.2, 0) is 0 Å². The third-order valence-electron chi connectivity index (χ3n) is 10.9. The van der Waals surface area contributed by atoms with Gasteiger partial charge < -0.3 is 4.42 Å². The van der Waals surface area contributed by atoms with Gasteiger partial charge in [-0.15, -0.1) is 0 Å². The highest BCUT2D eigenvalue weighted by Crippen LogP contribution is 2.45. The molecule has 0 amide bonds. The van der Waals surface area contributed by atoms with Crippen LogP contribution in [0.2, 0.25) is 0 Å². The van der Waals surface area contributed by atoms with Gasteiger partial charge in [-0.2, -0.15) is 0 Å². The molecule has 0 aliphatic rings. The Hall–Kier alpha value is -7.36. The third kappa shape index (κ3) is 5.20. The second kappa shape index (κ2) is 12.6. The van der Waals surface area contributed by atoms with Gasteiger partial charge in [-0.05, 0) is 74.5 Å². The molecule has 0 aliphatic carbocycles. The summed E-state index contributed by atoms with van der Waals surface area (Å²) in [4.78, 5) is 10.4. The molecule has 2 aromatic heterocycles. The van der Waals surface area contributed by atoms with Crippen molar-refractivity contribution in [2.75, 3.05) is 0 Å². The molecule has 3 heteroatoms. The summed E-state index contributed by atoms with van der Waals surface area (Å²) >= 11 is 0. The Bertz CT molecular complexity index is 3210. The summed E-state index contributed by atoms with van der Waals surface area (Å²) in [5.41, 5.74) is 14.2. The summed E-state index contributed by atoms with van der Waals surface area (Å²) in [6.45, 7) is 0. The molecule has 0 aliphatic heterocycles. The molecule has 0 atom stereocenters. The Morgan fingerprint density at radius 3 is 1.35 bits per heavy atom. The van der Waals surface area contributed by atoms with Crippen LogP contribution in [0.3, 0.4) is 0 Å². The van der Waals surface area contributed by atoms with E-state index < -0.39 is 0 Å². The van der Waals surface area contributed by atoms with E-state index in [2.05, 4.69) is 188 Å². The van der Waals surface area contributed by atoms with Gasteiger partial charge in [0.15, 0.2) is 0 Å². The van der Waals surface area contributed by atoms with Gasteiger partial charge in [0, 0.05) is 38.2 Å². The normalized spacial score (nSPS) is 11.6. The second-order valence-corrected chi connectivity index (χ2v) is 14.1. The van der Waals surface area contributed by atoms with Crippen LogP contribution >= 0.6 is 0 Å². The van der Waals surface area contributed by atoms with Crippen molar-refractivity contribution >= 4 is 54.5 Å². The van der Waals surface area contributed by atoms with E-state index in [1.54, 1.807) is 0 Å². The maximum Gasteiger partial charge on any atom is 0.143 e. The van der Waals surface area contributed by atoms with Crippen LogP contribution in [0, 0.1) is 0 Å². The predicted octanol–water partition coefficient (Wildman–Crippen LogP) is 14.2. The average Bonchev–Trinajstić information content (AvgIpc) is 3.65. The summed E-state index contributed by atoms with van der Waals surface area (Å²) in [5, 5.41) is 6.75. The van der Waals surface area contributed by atoms with E-state index in [4.69, 9.17) is 14.4 Å². The minimum absolute atomic E-state index is 0.828. The molecule has 0 radical (unpaired) electrons. The molecule has 0 bridgehead atoms. The summed E-state index contributed by atoms with van der Waals surface area (Å²) < 4.78 is 7.07. The molecule has 11 aromatic rings. The lowest BCUT2D eigenvalue weighted by Crippen LogP contribution is -1.92. The first-order valence-corrected chi connectivity index (χ1v) is 18.6. The van der Waals surface area contributed by atoms with Gasteiger partial charge in [0.1, 0.15) is 11.2 Å². The fourth-order valence-corrected chi connectivity index (χ4v) is 8.23. The van der Waals surface area contributed by atoms with Crippen LogP contribution in [0.4, 0.5) is 0 Å². The van der Waals surface area contributed by atoms with Gasteiger partial charge in [-0.1, -0.05) is 158 Å². The number of hydrogen-bond donors (Lipinski definition) is 0. The van der Waals surface area contributed by atoms with Crippen molar-refractivity contribution < 1.29 is 4.42 Å². The van der Waals surface area contributed by atoms with Crippen molar-refractivity contribution in [2.45, 2.75) is 0 Å².